The van der Waals surface area contributed by atoms with E-state index in [1.165, 1.54) is 5.69 Å². The highest BCUT2D eigenvalue weighted by Gasteiger charge is 2.14. The predicted molar refractivity (Wildman–Crippen MR) is 80.1 cm³/mol. The van der Waals surface area contributed by atoms with Crippen LogP contribution in [-0.2, 0) is 30.9 Å². The number of hydrogen-bond donors (Lipinski definition) is 2. The smallest absolute Gasteiger partial charge is 0.315 e. The summed E-state index contributed by atoms with van der Waals surface area (Å²) in [6.45, 7) is 3.20. The number of fused-ring (bicyclic) bond motifs is 1. The lowest BCUT2D eigenvalue weighted by Gasteiger charge is -2.14. The van der Waals surface area contributed by atoms with Crippen LogP contribution in [0.4, 0.5) is 4.79 Å². The van der Waals surface area contributed by atoms with Crippen LogP contribution < -0.4 is 10.6 Å². The molecule has 0 fully saturated rings. The molecule has 0 aliphatic carbocycles. The third kappa shape index (κ3) is 3.62. The zero-order valence-electron chi connectivity index (χ0n) is 11.7. The van der Waals surface area contributed by atoms with Gasteiger partial charge in [0, 0.05) is 29.1 Å². The van der Waals surface area contributed by atoms with E-state index in [2.05, 4.69) is 15.7 Å². The van der Waals surface area contributed by atoms with Gasteiger partial charge in [-0.1, -0.05) is 6.07 Å². The first-order valence-electron chi connectivity index (χ1n) is 6.98. The number of ether oxygens (including phenoxy) is 1. The Bertz CT molecular complexity index is 594. The van der Waals surface area contributed by atoms with Gasteiger partial charge in [-0.15, -0.1) is 11.3 Å². The Labute approximate surface area is 127 Å². The number of carbonyl (C=O) groups is 1. The second-order valence-electron chi connectivity index (χ2n) is 4.83. The summed E-state index contributed by atoms with van der Waals surface area (Å²) < 4.78 is 7.34. The molecule has 0 saturated carbocycles. The number of nitrogens with zero attached hydrogens (tertiary/aromatic N) is 2. The first kappa shape index (κ1) is 14.1. The molecule has 0 unspecified atom stereocenters. The summed E-state index contributed by atoms with van der Waals surface area (Å²) in [4.78, 5) is 12.8. The standard InChI is InChI=1S/C14H18N4O2S/c19-14(16-9-12-2-1-7-21-12)15-4-5-18-13-3-6-20-10-11(13)8-17-18/h1-2,7-8H,3-6,9-10H2,(H2,15,16,19). The normalized spacial score (nSPS) is 13.7. The summed E-state index contributed by atoms with van der Waals surface area (Å²) in [7, 11) is 0. The molecule has 7 heteroatoms. The highest BCUT2D eigenvalue weighted by Crippen LogP contribution is 2.15. The molecule has 0 atom stereocenters. The van der Waals surface area contributed by atoms with Gasteiger partial charge in [-0.25, -0.2) is 4.79 Å². The van der Waals surface area contributed by atoms with E-state index >= 15 is 0 Å². The minimum Gasteiger partial charge on any atom is -0.376 e. The van der Waals surface area contributed by atoms with E-state index in [4.69, 9.17) is 4.74 Å². The highest BCUT2D eigenvalue weighted by atomic mass is 32.1. The molecule has 0 bridgehead atoms. The van der Waals surface area contributed by atoms with Crippen LogP contribution in [0.1, 0.15) is 16.1 Å². The van der Waals surface area contributed by atoms with Crippen LogP contribution in [-0.4, -0.2) is 29.0 Å². The monoisotopic (exact) mass is 306 g/mol. The van der Waals surface area contributed by atoms with Crippen molar-refractivity contribution in [1.82, 2.24) is 20.4 Å². The van der Waals surface area contributed by atoms with Crippen LogP contribution in [0.3, 0.4) is 0 Å². The first-order chi connectivity index (χ1) is 10.3. The fourth-order valence-electron chi connectivity index (χ4n) is 2.32. The van der Waals surface area contributed by atoms with Gasteiger partial charge in [-0.3, -0.25) is 4.68 Å². The quantitative estimate of drug-likeness (QED) is 0.880. The second kappa shape index (κ2) is 6.73. The lowest BCUT2D eigenvalue weighted by atomic mass is 10.2. The van der Waals surface area contributed by atoms with E-state index in [1.54, 1.807) is 11.3 Å². The number of rotatable bonds is 5. The fourth-order valence-corrected chi connectivity index (χ4v) is 2.97. The number of thiophene rings is 1. The molecule has 112 valence electrons. The van der Waals surface area contributed by atoms with E-state index < -0.39 is 0 Å². The van der Waals surface area contributed by atoms with Gasteiger partial charge in [0.05, 0.1) is 32.5 Å². The number of amides is 2. The molecule has 3 rings (SSSR count). The van der Waals surface area contributed by atoms with Gasteiger partial charge in [0.15, 0.2) is 0 Å². The molecule has 2 N–H and O–H groups in total. The Morgan fingerprint density at radius 2 is 2.43 bits per heavy atom. The number of aromatic nitrogens is 2. The summed E-state index contributed by atoms with van der Waals surface area (Å²) in [5.41, 5.74) is 2.38. The molecular formula is C14H18N4O2S. The fraction of sp³-hybridized carbons (Fsp3) is 0.429. The van der Waals surface area contributed by atoms with E-state index in [0.717, 1.165) is 23.5 Å². The maximum absolute atomic E-state index is 11.7. The largest absolute Gasteiger partial charge is 0.376 e. The molecule has 2 aromatic rings. The Morgan fingerprint density at radius 3 is 3.29 bits per heavy atom. The van der Waals surface area contributed by atoms with Crippen molar-refractivity contribution >= 4 is 17.4 Å². The average molecular weight is 306 g/mol. The van der Waals surface area contributed by atoms with E-state index in [0.29, 0.717) is 26.2 Å². The first-order valence-corrected chi connectivity index (χ1v) is 7.86. The molecule has 0 aromatic carbocycles. The van der Waals surface area contributed by atoms with Gasteiger partial charge >= 0.3 is 6.03 Å². The molecule has 2 aromatic heterocycles. The van der Waals surface area contributed by atoms with Gasteiger partial charge in [-0.2, -0.15) is 5.10 Å². The van der Waals surface area contributed by atoms with Crippen molar-refractivity contribution in [3.8, 4) is 0 Å². The van der Waals surface area contributed by atoms with Crippen LogP contribution in [0.15, 0.2) is 23.7 Å². The molecule has 0 saturated heterocycles. The minimum absolute atomic E-state index is 0.146. The molecule has 0 radical (unpaired) electrons. The third-order valence-corrected chi connectivity index (χ3v) is 4.26. The Morgan fingerprint density at radius 1 is 1.48 bits per heavy atom. The number of carbonyl (C=O) groups excluding carboxylic acids is 1. The zero-order valence-corrected chi connectivity index (χ0v) is 12.5. The number of nitrogens with one attached hydrogen (secondary N) is 2. The van der Waals surface area contributed by atoms with E-state index in [1.807, 2.05) is 28.4 Å². The van der Waals surface area contributed by atoms with Gasteiger partial charge in [0.1, 0.15) is 0 Å². The van der Waals surface area contributed by atoms with Crippen molar-refractivity contribution < 1.29 is 9.53 Å². The maximum atomic E-state index is 11.7. The average Bonchev–Trinajstić information content (AvgIpc) is 3.15. The summed E-state index contributed by atoms with van der Waals surface area (Å²) in [6.07, 6.45) is 2.74. The maximum Gasteiger partial charge on any atom is 0.315 e. The summed E-state index contributed by atoms with van der Waals surface area (Å²) in [5, 5.41) is 12.0. The van der Waals surface area contributed by atoms with Crippen LogP contribution in [0, 0.1) is 0 Å². The van der Waals surface area contributed by atoms with Crippen LogP contribution >= 0.6 is 11.3 Å². The molecule has 2 amide bonds. The highest BCUT2D eigenvalue weighted by molar-refractivity contribution is 7.09. The van der Waals surface area contributed by atoms with Crippen molar-refractivity contribution in [2.75, 3.05) is 13.2 Å². The van der Waals surface area contributed by atoms with Crippen molar-refractivity contribution in [3.63, 3.8) is 0 Å². The van der Waals surface area contributed by atoms with Crippen LogP contribution in [0.5, 0.6) is 0 Å². The topological polar surface area (TPSA) is 68.2 Å². The summed E-state index contributed by atoms with van der Waals surface area (Å²) in [6, 6.07) is 3.83. The van der Waals surface area contributed by atoms with Gasteiger partial charge in [-0.05, 0) is 11.4 Å². The van der Waals surface area contributed by atoms with E-state index in [-0.39, 0.29) is 6.03 Å². The molecule has 3 heterocycles. The lowest BCUT2D eigenvalue weighted by Crippen LogP contribution is -2.37. The predicted octanol–water partition coefficient (Wildman–Crippen LogP) is 1.52. The number of urea groups is 1. The van der Waals surface area contributed by atoms with E-state index in [9.17, 15) is 4.79 Å². The number of hydrogen-bond acceptors (Lipinski definition) is 4. The van der Waals surface area contributed by atoms with Gasteiger partial charge in [0.2, 0.25) is 0 Å². The molecule has 0 spiro atoms. The SMILES string of the molecule is O=C(NCCn1ncc2c1CCOC2)NCc1cccs1. The lowest BCUT2D eigenvalue weighted by molar-refractivity contribution is 0.109. The molecule has 1 aliphatic heterocycles. The Balaban J connectivity index is 1.41. The minimum atomic E-state index is -0.146. The Kier molecular flexibility index (Phi) is 4.52. The van der Waals surface area contributed by atoms with Gasteiger partial charge < -0.3 is 15.4 Å². The zero-order chi connectivity index (χ0) is 14.5. The third-order valence-electron chi connectivity index (χ3n) is 3.39. The molecule has 1 aliphatic rings. The summed E-state index contributed by atoms with van der Waals surface area (Å²) in [5.74, 6) is 0. The molecule has 21 heavy (non-hydrogen) atoms. The van der Waals surface area contributed by atoms with Crippen molar-refractivity contribution in [2.24, 2.45) is 0 Å². The van der Waals surface area contributed by atoms with Gasteiger partial charge in [0.25, 0.3) is 0 Å². The summed E-state index contributed by atoms with van der Waals surface area (Å²) >= 11 is 1.63. The van der Waals surface area contributed by atoms with Crippen LogP contribution in [0.2, 0.25) is 0 Å². The van der Waals surface area contributed by atoms with Crippen LogP contribution in [0.25, 0.3) is 0 Å². The van der Waals surface area contributed by atoms with Crippen molar-refractivity contribution in [3.05, 3.63) is 39.8 Å². The molecule has 6 nitrogen and oxygen atoms in total. The van der Waals surface area contributed by atoms with Crippen molar-refractivity contribution in [2.45, 2.75) is 26.1 Å². The molecular weight excluding hydrogens is 288 g/mol. The second-order valence-corrected chi connectivity index (χ2v) is 5.86. The van der Waals surface area contributed by atoms with Crippen molar-refractivity contribution in [1.29, 1.82) is 0 Å². The Hall–Kier alpha value is -1.86.